The summed E-state index contributed by atoms with van der Waals surface area (Å²) in [7, 11) is -3.47. The molecule has 0 spiro atoms. The summed E-state index contributed by atoms with van der Waals surface area (Å²) >= 11 is 0. The highest BCUT2D eigenvalue weighted by molar-refractivity contribution is 7.89. The maximum atomic E-state index is 12.8. The second kappa shape index (κ2) is 8.26. The third-order valence-electron chi connectivity index (χ3n) is 5.12. The number of benzene rings is 1. The molecule has 2 heterocycles. The van der Waals surface area contributed by atoms with Gasteiger partial charge in [-0.1, -0.05) is 17.7 Å². The van der Waals surface area contributed by atoms with E-state index in [1.807, 2.05) is 42.7 Å². The molecule has 3 rings (SSSR count). The first kappa shape index (κ1) is 20.3. The van der Waals surface area contributed by atoms with Crippen LogP contribution in [-0.2, 0) is 19.6 Å². The molecule has 0 N–H and O–H groups in total. The topological polar surface area (TPSA) is 70.2 Å². The lowest BCUT2D eigenvalue weighted by atomic mass is 10.2. The Kier molecular flexibility index (Phi) is 6.20. The smallest absolute Gasteiger partial charge is 0.243 e. The Labute approximate surface area is 161 Å². The van der Waals surface area contributed by atoms with Gasteiger partial charge in [-0.05, 0) is 32.9 Å². The molecule has 1 aromatic rings. The van der Waals surface area contributed by atoms with Crippen molar-refractivity contribution in [2.24, 2.45) is 0 Å². The number of morpholine rings is 1. The fraction of sp³-hybridized carbons (Fsp3) is 0.632. The monoisotopic (exact) mass is 395 g/mol. The Hall–Kier alpha value is -1.48. The van der Waals surface area contributed by atoms with Crippen molar-refractivity contribution in [3.63, 3.8) is 0 Å². The normalized spacial score (nSPS) is 25.5. The second-order valence-corrected chi connectivity index (χ2v) is 9.49. The summed E-state index contributed by atoms with van der Waals surface area (Å²) in [6.45, 7) is 9.38. The highest BCUT2D eigenvalue weighted by Gasteiger charge is 2.31. The van der Waals surface area contributed by atoms with Crippen LogP contribution >= 0.6 is 0 Å². The summed E-state index contributed by atoms with van der Waals surface area (Å²) in [6.07, 6.45) is 0.100. The highest BCUT2D eigenvalue weighted by atomic mass is 32.2. The van der Waals surface area contributed by atoms with Crippen molar-refractivity contribution in [3.05, 3.63) is 29.8 Å². The Balaban J connectivity index is 1.54. The van der Waals surface area contributed by atoms with Crippen LogP contribution in [0, 0.1) is 6.92 Å². The largest absolute Gasteiger partial charge is 0.372 e. The van der Waals surface area contributed by atoms with Crippen LogP contribution in [0.4, 0.5) is 0 Å². The first-order chi connectivity index (χ1) is 12.8. The van der Waals surface area contributed by atoms with Crippen LogP contribution in [0.5, 0.6) is 0 Å². The standard InChI is InChI=1S/C19H29N3O4S/c1-15-4-6-18(7-5-15)27(24,25)22-10-8-20(9-11-22)14-19(23)21-12-16(2)26-17(3)13-21/h4-7,16-17H,8-14H2,1-3H3/t16-,17-/m0/s1. The van der Waals surface area contributed by atoms with E-state index >= 15 is 0 Å². The van der Waals surface area contributed by atoms with E-state index in [1.165, 1.54) is 4.31 Å². The first-order valence-corrected chi connectivity index (χ1v) is 10.9. The quantitative estimate of drug-likeness (QED) is 0.759. The molecule has 0 unspecified atom stereocenters. The van der Waals surface area contributed by atoms with Crippen molar-refractivity contribution >= 4 is 15.9 Å². The molecule has 2 aliphatic rings. The molecule has 150 valence electrons. The van der Waals surface area contributed by atoms with Crippen LogP contribution in [0.25, 0.3) is 0 Å². The van der Waals surface area contributed by atoms with E-state index in [1.54, 1.807) is 12.1 Å². The van der Waals surface area contributed by atoms with Gasteiger partial charge in [0.05, 0.1) is 23.6 Å². The lowest BCUT2D eigenvalue weighted by molar-refractivity contribution is -0.144. The van der Waals surface area contributed by atoms with Crippen LogP contribution in [0.15, 0.2) is 29.2 Å². The molecule has 1 aromatic carbocycles. The summed E-state index contributed by atoms with van der Waals surface area (Å²) in [4.78, 5) is 16.8. The fourth-order valence-electron chi connectivity index (χ4n) is 3.66. The van der Waals surface area contributed by atoms with Crippen molar-refractivity contribution in [2.75, 3.05) is 45.8 Å². The van der Waals surface area contributed by atoms with E-state index in [0.29, 0.717) is 50.7 Å². The van der Waals surface area contributed by atoms with E-state index in [4.69, 9.17) is 4.74 Å². The number of sulfonamides is 1. The number of nitrogens with zero attached hydrogens (tertiary/aromatic N) is 3. The Morgan fingerprint density at radius 3 is 2.15 bits per heavy atom. The zero-order valence-electron chi connectivity index (χ0n) is 16.3. The maximum absolute atomic E-state index is 12.8. The minimum Gasteiger partial charge on any atom is -0.372 e. The van der Waals surface area contributed by atoms with Crippen LogP contribution in [0.2, 0.25) is 0 Å². The summed E-state index contributed by atoms with van der Waals surface area (Å²) < 4.78 is 32.7. The average Bonchev–Trinajstić information content (AvgIpc) is 2.61. The third-order valence-corrected chi connectivity index (χ3v) is 7.03. The number of amides is 1. The molecule has 0 aromatic heterocycles. The number of piperazine rings is 1. The molecule has 8 heteroatoms. The molecular weight excluding hydrogens is 366 g/mol. The lowest BCUT2D eigenvalue weighted by Gasteiger charge is -2.38. The third kappa shape index (κ3) is 4.87. The summed E-state index contributed by atoms with van der Waals surface area (Å²) in [6, 6.07) is 6.93. The van der Waals surface area contributed by atoms with Gasteiger partial charge in [0, 0.05) is 39.3 Å². The molecule has 2 aliphatic heterocycles. The van der Waals surface area contributed by atoms with Crippen molar-refractivity contribution < 1.29 is 17.9 Å². The Morgan fingerprint density at radius 2 is 1.59 bits per heavy atom. The molecule has 2 atom stereocenters. The van der Waals surface area contributed by atoms with Gasteiger partial charge in [-0.3, -0.25) is 9.69 Å². The number of aryl methyl sites for hydroxylation is 1. The molecule has 0 radical (unpaired) electrons. The number of hydrogen-bond donors (Lipinski definition) is 0. The number of carbonyl (C=O) groups is 1. The van der Waals surface area contributed by atoms with Crippen LogP contribution in [0.3, 0.4) is 0 Å². The zero-order chi connectivity index (χ0) is 19.6. The van der Waals surface area contributed by atoms with Crippen molar-refractivity contribution in [1.29, 1.82) is 0 Å². The Morgan fingerprint density at radius 1 is 1.04 bits per heavy atom. The number of ether oxygens (including phenoxy) is 1. The van der Waals surface area contributed by atoms with Gasteiger partial charge in [-0.2, -0.15) is 4.31 Å². The average molecular weight is 396 g/mol. The molecule has 0 bridgehead atoms. The summed E-state index contributed by atoms with van der Waals surface area (Å²) in [5.74, 6) is 0.0897. The zero-order valence-corrected chi connectivity index (χ0v) is 17.1. The van der Waals surface area contributed by atoms with Gasteiger partial charge in [0.25, 0.3) is 0 Å². The predicted molar refractivity (Wildman–Crippen MR) is 103 cm³/mol. The van der Waals surface area contributed by atoms with Crippen LogP contribution < -0.4 is 0 Å². The molecule has 7 nitrogen and oxygen atoms in total. The van der Waals surface area contributed by atoms with Gasteiger partial charge in [0.1, 0.15) is 0 Å². The second-order valence-electron chi connectivity index (χ2n) is 7.55. The van der Waals surface area contributed by atoms with E-state index in [0.717, 1.165) is 5.56 Å². The molecule has 1 amide bonds. The molecular formula is C19H29N3O4S. The van der Waals surface area contributed by atoms with Gasteiger partial charge in [-0.25, -0.2) is 8.42 Å². The SMILES string of the molecule is Cc1ccc(S(=O)(=O)N2CCN(CC(=O)N3C[C@H](C)O[C@@H](C)C3)CC2)cc1. The number of rotatable bonds is 4. The van der Waals surface area contributed by atoms with E-state index in [9.17, 15) is 13.2 Å². The van der Waals surface area contributed by atoms with Gasteiger partial charge < -0.3 is 9.64 Å². The molecule has 2 fully saturated rings. The minimum atomic E-state index is -3.47. The molecule has 27 heavy (non-hydrogen) atoms. The van der Waals surface area contributed by atoms with Gasteiger partial charge in [0.15, 0.2) is 0 Å². The van der Waals surface area contributed by atoms with E-state index < -0.39 is 10.0 Å². The fourth-order valence-corrected chi connectivity index (χ4v) is 5.08. The van der Waals surface area contributed by atoms with E-state index in [-0.39, 0.29) is 18.1 Å². The van der Waals surface area contributed by atoms with Gasteiger partial charge in [0.2, 0.25) is 15.9 Å². The summed E-state index contributed by atoms with van der Waals surface area (Å²) in [5.41, 5.74) is 1.03. The van der Waals surface area contributed by atoms with Crippen molar-refractivity contribution in [1.82, 2.24) is 14.1 Å². The Bertz CT molecular complexity index is 748. The van der Waals surface area contributed by atoms with E-state index in [2.05, 4.69) is 0 Å². The summed E-state index contributed by atoms with van der Waals surface area (Å²) in [5, 5.41) is 0. The van der Waals surface area contributed by atoms with Gasteiger partial charge in [-0.15, -0.1) is 0 Å². The molecule has 0 aliphatic carbocycles. The van der Waals surface area contributed by atoms with Gasteiger partial charge >= 0.3 is 0 Å². The first-order valence-electron chi connectivity index (χ1n) is 9.48. The number of hydrogen-bond acceptors (Lipinski definition) is 5. The highest BCUT2D eigenvalue weighted by Crippen LogP contribution is 2.18. The molecule has 0 saturated carbocycles. The number of carbonyl (C=O) groups excluding carboxylic acids is 1. The minimum absolute atomic E-state index is 0.0502. The van der Waals surface area contributed by atoms with Crippen LogP contribution in [0.1, 0.15) is 19.4 Å². The predicted octanol–water partition coefficient (Wildman–Crippen LogP) is 0.937. The lowest BCUT2D eigenvalue weighted by Crippen LogP contribution is -2.54. The maximum Gasteiger partial charge on any atom is 0.243 e. The van der Waals surface area contributed by atoms with Crippen LogP contribution in [-0.4, -0.2) is 86.5 Å². The van der Waals surface area contributed by atoms with Crippen molar-refractivity contribution in [3.8, 4) is 0 Å². The molecule has 2 saturated heterocycles. The van der Waals surface area contributed by atoms with Crippen molar-refractivity contribution in [2.45, 2.75) is 37.9 Å².